The molecule has 0 saturated heterocycles. The smallest absolute Gasteiger partial charge is 0.296 e. The number of oxazole rings is 1. The first-order chi connectivity index (χ1) is 15.4. The number of para-hydroxylation sites is 1. The largest absolute Gasteiger partial charge is 0.457 e. The van der Waals surface area contributed by atoms with Gasteiger partial charge in [0.25, 0.3) is 10.1 Å². The highest BCUT2D eigenvalue weighted by molar-refractivity contribution is 7.86. The Labute approximate surface area is 187 Å². The maximum atomic E-state index is 12.3. The van der Waals surface area contributed by atoms with E-state index in [1.165, 1.54) is 12.1 Å². The normalized spacial score (nSPS) is 11.4. The highest BCUT2D eigenvalue weighted by Gasteiger charge is 2.17. The van der Waals surface area contributed by atoms with E-state index in [9.17, 15) is 8.42 Å². The number of aryl methyl sites for hydroxylation is 2. The second-order valence-electron chi connectivity index (χ2n) is 7.30. The molecule has 0 N–H and O–H groups in total. The van der Waals surface area contributed by atoms with Crippen LogP contribution in [0.15, 0.2) is 88.2 Å². The van der Waals surface area contributed by atoms with Crippen LogP contribution in [-0.2, 0) is 20.7 Å². The third kappa shape index (κ3) is 5.25. The van der Waals surface area contributed by atoms with Crippen molar-refractivity contribution < 1.29 is 21.8 Å². The van der Waals surface area contributed by atoms with Gasteiger partial charge in [0.1, 0.15) is 17.3 Å². The fraction of sp³-hybridized carbons (Fsp3) is 0.160. The molecule has 0 atom stereocenters. The summed E-state index contributed by atoms with van der Waals surface area (Å²) in [6, 6.07) is 23.5. The molecule has 0 radical (unpaired) electrons. The number of aromatic nitrogens is 1. The molecule has 0 unspecified atom stereocenters. The Bertz CT molecular complexity index is 1280. The summed E-state index contributed by atoms with van der Waals surface area (Å²) in [5, 5.41) is 0. The molecule has 0 bridgehead atoms. The van der Waals surface area contributed by atoms with Gasteiger partial charge in [-0.2, -0.15) is 8.42 Å². The lowest BCUT2D eigenvalue weighted by Crippen LogP contribution is -2.09. The molecule has 0 spiro atoms. The van der Waals surface area contributed by atoms with Crippen molar-refractivity contribution in [1.82, 2.24) is 4.98 Å². The van der Waals surface area contributed by atoms with Crippen LogP contribution < -0.4 is 4.74 Å². The van der Waals surface area contributed by atoms with Gasteiger partial charge in [-0.15, -0.1) is 0 Å². The summed E-state index contributed by atoms with van der Waals surface area (Å²) in [4.78, 5) is 4.65. The fourth-order valence-corrected chi connectivity index (χ4v) is 4.00. The first kappa shape index (κ1) is 21.8. The van der Waals surface area contributed by atoms with E-state index in [1.807, 2.05) is 61.5 Å². The molecule has 0 aliphatic carbocycles. The second kappa shape index (κ2) is 9.38. The minimum Gasteiger partial charge on any atom is -0.457 e. The monoisotopic (exact) mass is 449 g/mol. The van der Waals surface area contributed by atoms with Gasteiger partial charge in [0.2, 0.25) is 5.89 Å². The number of benzene rings is 3. The Morgan fingerprint density at radius 3 is 2.19 bits per heavy atom. The SMILES string of the molecule is Cc1ccc(S(=O)(=O)OCCc2nc(-c3ccc(Oc4ccccc4)cc3)oc2C)cc1. The Hall–Kier alpha value is -3.42. The maximum absolute atomic E-state index is 12.3. The van der Waals surface area contributed by atoms with Crippen LogP contribution in [0.3, 0.4) is 0 Å². The van der Waals surface area contributed by atoms with Crippen LogP contribution in [0.25, 0.3) is 11.5 Å². The van der Waals surface area contributed by atoms with Crippen LogP contribution in [-0.4, -0.2) is 20.0 Å². The van der Waals surface area contributed by atoms with E-state index in [0.29, 0.717) is 29.5 Å². The molecule has 0 saturated carbocycles. The highest BCUT2D eigenvalue weighted by atomic mass is 32.2. The molecule has 4 aromatic rings. The van der Waals surface area contributed by atoms with Gasteiger partial charge in [-0.3, -0.25) is 4.18 Å². The summed E-state index contributed by atoms with van der Waals surface area (Å²) >= 11 is 0. The molecular weight excluding hydrogens is 426 g/mol. The third-order valence-electron chi connectivity index (χ3n) is 4.86. The summed E-state index contributed by atoms with van der Waals surface area (Å²) in [5.74, 6) is 2.55. The van der Waals surface area contributed by atoms with Crippen molar-refractivity contribution in [2.45, 2.75) is 25.2 Å². The molecule has 0 fully saturated rings. The maximum Gasteiger partial charge on any atom is 0.296 e. The topological polar surface area (TPSA) is 78.6 Å². The molecule has 0 aliphatic rings. The van der Waals surface area contributed by atoms with Crippen molar-refractivity contribution in [3.05, 3.63) is 95.9 Å². The lowest BCUT2D eigenvalue weighted by Gasteiger charge is -2.05. The van der Waals surface area contributed by atoms with E-state index >= 15 is 0 Å². The zero-order chi connectivity index (χ0) is 22.6. The Balaban J connectivity index is 1.39. The summed E-state index contributed by atoms with van der Waals surface area (Å²) in [6.07, 6.45) is 0.315. The standard InChI is InChI=1S/C25H23NO5S/c1-18-8-14-23(15-9-18)32(27,28)29-17-16-24-19(2)30-25(26-24)20-10-12-22(13-11-20)31-21-6-4-3-5-7-21/h3-15H,16-17H2,1-2H3. The first-order valence-electron chi connectivity index (χ1n) is 10.2. The van der Waals surface area contributed by atoms with Crippen molar-refractivity contribution in [1.29, 1.82) is 0 Å². The average Bonchev–Trinajstić information content (AvgIpc) is 3.15. The van der Waals surface area contributed by atoms with E-state index in [-0.39, 0.29) is 11.5 Å². The molecule has 6 nitrogen and oxygen atoms in total. The third-order valence-corrected chi connectivity index (χ3v) is 6.19. The van der Waals surface area contributed by atoms with E-state index in [0.717, 1.165) is 16.9 Å². The summed E-state index contributed by atoms with van der Waals surface area (Å²) in [5.41, 5.74) is 2.44. The molecule has 1 aromatic heterocycles. The van der Waals surface area contributed by atoms with Gasteiger partial charge in [0, 0.05) is 12.0 Å². The number of ether oxygens (including phenoxy) is 1. The van der Waals surface area contributed by atoms with Gasteiger partial charge in [0.15, 0.2) is 0 Å². The number of rotatable bonds is 8. The van der Waals surface area contributed by atoms with E-state index in [1.54, 1.807) is 19.1 Å². The number of nitrogens with zero attached hydrogens (tertiary/aromatic N) is 1. The van der Waals surface area contributed by atoms with Crippen molar-refractivity contribution in [3.63, 3.8) is 0 Å². The Morgan fingerprint density at radius 2 is 1.50 bits per heavy atom. The van der Waals surface area contributed by atoms with E-state index in [2.05, 4.69) is 4.98 Å². The van der Waals surface area contributed by atoms with Crippen LogP contribution in [0.4, 0.5) is 0 Å². The molecule has 1 heterocycles. The molecule has 4 rings (SSSR count). The molecule has 164 valence electrons. The zero-order valence-corrected chi connectivity index (χ0v) is 18.6. The van der Waals surface area contributed by atoms with Crippen molar-refractivity contribution >= 4 is 10.1 Å². The Kier molecular flexibility index (Phi) is 6.39. The average molecular weight is 450 g/mol. The van der Waals surface area contributed by atoms with Crippen molar-refractivity contribution in [3.8, 4) is 23.0 Å². The molecule has 0 amide bonds. The predicted molar refractivity (Wildman–Crippen MR) is 121 cm³/mol. The summed E-state index contributed by atoms with van der Waals surface area (Å²) < 4.78 is 41.4. The van der Waals surface area contributed by atoms with Gasteiger partial charge < -0.3 is 9.15 Å². The molecule has 32 heavy (non-hydrogen) atoms. The van der Waals surface area contributed by atoms with Crippen molar-refractivity contribution in [2.75, 3.05) is 6.61 Å². The van der Waals surface area contributed by atoms with Gasteiger partial charge >= 0.3 is 0 Å². The highest BCUT2D eigenvalue weighted by Crippen LogP contribution is 2.27. The molecule has 0 aliphatic heterocycles. The van der Waals surface area contributed by atoms with E-state index < -0.39 is 10.1 Å². The second-order valence-corrected chi connectivity index (χ2v) is 8.92. The minimum atomic E-state index is -3.81. The predicted octanol–water partition coefficient (Wildman–Crippen LogP) is 5.70. The van der Waals surface area contributed by atoms with Gasteiger partial charge in [-0.05, 0) is 62.4 Å². The number of hydrogen-bond donors (Lipinski definition) is 0. The van der Waals surface area contributed by atoms with Crippen LogP contribution in [0.2, 0.25) is 0 Å². The van der Waals surface area contributed by atoms with E-state index in [4.69, 9.17) is 13.3 Å². The Morgan fingerprint density at radius 1 is 0.844 bits per heavy atom. The molecule has 3 aromatic carbocycles. The lowest BCUT2D eigenvalue weighted by atomic mass is 10.2. The zero-order valence-electron chi connectivity index (χ0n) is 17.8. The quantitative estimate of drug-likeness (QED) is 0.321. The first-order valence-corrected chi connectivity index (χ1v) is 11.6. The van der Waals surface area contributed by atoms with Crippen LogP contribution >= 0.6 is 0 Å². The fourth-order valence-electron chi connectivity index (χ4n) is 3.09. The van der Waals surface area contributed by atoms with Crippen LogP contribution in [0, 0.1) is 13.8 Å². The molecular formula is C25H23NO5S. The summed E-state index contributed by atoms with van der Waals surface area (Å²) in [6.45, 7) is 3.67. The van der Waals surface area contributed by atoms with Crippen LogP contribution in [0.1, 0.15) is 17.0 Å². The minimum absolute atomic E-state index is 0.0210. The van der Waals surface area contributed by atoms with Gasteiger partial charge in [0.05, 0.1) is 17.2 Å². The van der Waals surface area contributed by atoms with Gasteiger partial charge in [-0.1, -0.05) is 35.9 Å². The summed E-state index contributed by atoms with van der Waals surface area (Å²) in [7, 11) is -3.81. The molecule has 7 heteroatoms. The lowest BCUT2D eigenvalue weighted by molar-refractivity contribution is 0.320. The van der Waals surface area contributed by atoms with Crippen LogP contribution in [0.5, 0.6) is 11.5 Å². The van der Waals surface area contributed by atoms with Gasteiger partial charge in [-0.25, -0.2) is 4.98 Å². The van der Waals surface area contributed by atoms with Crippen molar-refractivity contribution in [2.24, 2.45) is 0 Å². The number of hydrogen-bond acceptors (Lipinski definition) is 6.